The van der Waals surface area contributed by atoms with E-state index >= 15 is 0 Å². The van der Waals surface area contributed by atoms with Gasteiger partial charge in [-0.15, -0.1) is 10.2 Å². The molecule has 22 heavy (non-hydrogen) atoms. The first-order valence-corrected chi connectivity index (χ1v) is 7.74. The molecule has 3 rings (SSSR count). The van der Waals surface area contributed by atoms with Gasteiger partial charge in [0.05, 0.1) is 11.6 Å². The molecule has 0 spiro atoms. The van der Waals surface area contributed by atoms with Crippen LogP contribution in [0, 0.1) is 11.3 Å². The molecule has 0 unspecified atom stereocenters. The number of rotatable bonds is 3. The van der Waals surface area contributed by atoms with Gasteiger partial charge < -0.3 is 4.74 Å². The minimum atomic E-state index is -0.216. The maximum atomic E-state index is 12.5. The van der Waals surface area contributed by atoms with E-state index in [0.717, 1.165) is 24.5 Å². The lowest BCUT2D eigenvalue weighted by molar-refractivity contribution is 0.0993. The molecule has 1 saturated heterocycles. The Bertz CT molecular complexity index is 731. The van der Waals surface area contributed by atoms with E-state index in [2.05, 4.69) is 10.2 Å². The second-order valence-electron chi connectivity index (χ2n) is 4.98. The van der Waals surface area contributed by atoms with Gasteiger partial charge in [0.15, 0.2) is 0 Å². The number of ether oxygens (including phenoxy) is 1. The predicted molar refractivity (Wildman–Crippen MR) is 81.7 cm³/mol. The molecule has 1 aromatic heterocycles. The van der Waals surface area contributed by atoms with Gasteiger partial charge in [-0.2, -0.15) is 5.26 Å². The maximum Gasteiger partial charge on any atom is 0.259 e. The number of carbonyl (C=O) groups is 1. The van der Waals surface area contributed by atoms with Crippen LogP contribution in [-0.4, -0.2) is 29.8 Å². The zero-order valence-electron chi connectivity index (χ0n) is 12.0. The van der Waals surface area contributed by atoms with E-state index in [4.69, 9.17) is 10.00 Å². The second-order valence-corrected chi connectivity index (χ2v) is 5.97. The zero-order valence-corrected chi connectivity index (χ0v) is 12.8. The molecule has 1 amide bonds. The normalized spacial score (nSPS) is 17.2. The Balaban J connectivity index is 1.79. The highest BCUT2D eigenvalue weighted by molar-refractivity contribution is 7.15. The number of anilines is 1. The van der Waals surface area contributed by atoms with Crippen LogP contribution in [0.25, 0.3) is 0 Å². The highest BCUT2D eigenvalue weighted by Gasteiger charge is 2.24. The zero-order chi connectivity index (χ0) is 15.5. The number of nitrogens with zero attached hydrogens (tertiary/aromatic N) is 4. The van der Waals surface area contributed by atoms with Gasteiger partial charge in [0.2, 0.25) is 5.13 Å². The van der Waals surface area contributed by atoms with Crippen molar-refractivity contribution in [1.82, 2.24) is 10.2 Å². The van der Waals surface area contributed by atoms with Gasteiger partial charge in [0, 0.05) is 19.2 Å². The molecule has 0 bridgehead atoms. The van der Waals surface area contributed by atoms with E-state index in [1.165, 1.54) is 16.2 Å². The highest BCUT2D eigenvalue weighted by Crippen LogP contribution is 2.33. The number of hydrogen-bond acceptors (Lipinski definition) is 6. The Kier molecular flexibility index (Phi) is 4.13. The van der Waals surface area contributed by atoms with Crippen LogP contribution in [-0.2, 0) is 4.74 Å². The summed E-state index contributed by atoms with van der Waals surface area (Å²) in [7, 11) is 1.65. The van der Waals surface area contributed by atoms with Gasteiger partial charge in [-0.3, -0.25) is 9.69 Å². The summed E-state index contributed by atoms with van der Waals surface area (Å²) >= 11 is 1.36. The van der Waals surface area contributed by atoms with Gasteiger partial charge in [-0.05, 0) is 31.0 Å². The Hall–Kier alpha value is -2.30. The Morgan fingerprint density at radius 1 is 1.50 bits per heavy atom. The van der Waals surface area contributed by atoms with E-state index in [9.17, 15) is 4.79 Å². The molecular formula is C15H14N4O2S. The van der Waals surface area contributed by atoms with Crippen molar-refractivity contribution in [2.75, 3.05) is 18.6 Å². The van der Waals surface area contributed by atoms with Crippen LogP contribution >= 0.6 is 11.3 Å². The molecule has 1 atom stereocenters. The first kappa shape index (κ1) is 14.6. The third kappa shape index (κ3) is 2.84. The minimum absolute atomic E-state index is 0.00308. The smallest absolute Gasteiger partial charge is 0.259 e. The van der Waals surface area contributed by atoms with Crippen LogP contribution in [0.2, 0.25) is 0 Å². The molecule has 2 aromatic rings. The number of carbonyl (C=O) groups excluding carboxylic acids is 1. The SMILES string of the molecule is CN(C(=O)c1cccc(C#N)c1)c1nnc([C@@H]2CCCO2)s1. The summed E-state index contributed by atoms with van der Waals surface area (Å²) in [6, 6.07) is 8.64. The monoisotopic (exact) mass is 314 g/mol. The Morgan fingerprint density at radius 3 is 3.09 bits per heavy atom. The van der Waals surface area contributed by atoms with E-state index in [0.29, 0.717) is 16.3 Å². The van der Waals surface area contributed by atoms with Crippen LogP contribution in [0.3, 0.4) is 0 Å². The summed E-state index contributed by atoms with van der Waals surface area (Å²) in [5.41, 5.74) is 0.909. The lowest BCUT2D eigenvalue weighted by atomic mass is 10.1. The lowest BCUT2D eigenvalue weighted by Gasteiger charge is -2.13. The summed E-state index contributed by atoms with van der Waals surface area (Å²) in [6.45, 7) is 0.745. The topological polar surface area (TPSA) is 79.1 Å². The van der Waals surface area contributed by atoms with Crippen LogP contribution < -0.4 is 4.90 Å². The molecule has 0 N–H and O–H groups in total. The molecule has 1 aliphatic rings. The Labute approximate surface area is 132 Å². The van der Waals surface area contributed by atoms with Crippen molar-refractivity contribution in [2.24, 2.45) is 0 Å². The maximum absolute atomic E-state index is 12.5. The molecule has 112 valence electrons. The predicted octanol–water partition coefficient (Wildman–Crippen LogP) is 2.54. The van der Waals surface area contributed by atoms with Crippen LogP contribution in [0.1, 0.15) is 39.9 Å². The van der Waals surface area contributed by atoms with Crippen LogP contribution in [0.4, 0.5) is 5.13 Å². The fourth-order valence-electron chi connectivity index (χ4n) is 2.27. The summed E-state index contributed by atoms with van der Waals surface area (Å²) in [6.07, 6.45) is 1.96. The fraction of sp³-hybridized carbons (Fsp3) is 0.333. The van der Waals surface area contributed by atoms with Crippen molar-refractivity contribution in [3.05, 3.63) is 40.4 Å². The minimum Gasteiger partial charge on any atom is -0.371 e. The van der Waals surface area contributed by atoms with Crippen molar-refractivity contribution >= 4 is 22.4 Å². The molecule has 6 nitrogen and oxygen atoms in total. The molecule has 0 saturated carbocycles. The molecule has 1 aromatic carbocycles. The highest BCUT2D eigenvalue weighted by atomic mass is 32.1. The number of nitriles is 1. The number of benzene rings is 1. The second kappa shape index (κ2) is 6.22. The van der Waals surface area contributed by atoms with E-state index < -0.39 is 0 Å². The summed E-state index contributed by atoms with van der Waals surface area (Å²) < 4.78 is 5.58. The average Bonchev–Trinajstić information content (AvgIpc) is 3.24. The molecule has 0 radical (unpaired) electrons. The van der Waals surface area contributed by atoms with Gasteiger partial charge >= 0.3 is 0 Å². The largest absolute Gasteiger partial charge is 0.371 e. The quantitative estimate of drug-likeness (QED) is 0.870. The van der Waals surface area contributed by atoms with Crippen molar-refractivity contribution in [3.63, 3.8) is 0 Å². The summed E-state index contributed by atoms with van der Waals surface area (Å²) in [4.78, 5) is 13.9. The number of aromatic nitrogens is 2. The first-order valence-electron chi connectivity index (χ1n) is 6.92. The van der Waals surface area contributed by atoms with E-state index in [-0.39, 0.29) is 12.0 Å². The first-order chi connectivity index (χ1) is 10.7. The molecule has 1 fully saturated rings. The van der Waals surface area contributed by atoms with E-state index in [1.807, 2.05) is 6.07 Å². The molecule has 2 heterocycles. The third-order valence-electron chi connectivity index (χ3n) is 3.47. The van der Waals surface area contributed by atoms with Gasteiger partial charge in [-0.25, -0.2) is 0 Å². The third-order valence-corrected chi connectivity index (χ3v) is 4.56. The number of amides is 1. The average molecular weight is 314 g/mol. The van der Waals surface area contributed by atoms with Gasteiger partial charge in [0.1, 0.15) is 11.1 Å². The van der Waals surface area contributed by atoms with Gasteiger partial charge in [0.25, 0.3) is 5.91 Å². The van der Waals surface area contributed by atoms with Gasteiger partial charge in [-0.1, -0.05) is 17.4 Å². The Morgan fingerprint density at radius 2 is 2.36 bits per heavy atom. The van der Waals surface area contributed by atoms with Crippen LogP contribution in [0.5, 0.6) is 0 Å². The fourth-order valence-corrected chi connectivity index (χ4v) is 3.15. The van der Waals surface area contributed by atoms with E-state index in [1.54, 1.807) is 31.3 Å². The van der Waals surface area contributed by atoms with Crippen molar-refractivity contribution < 1.29 is 9.53 Å². The standard InChI is InChI=1S/C15H14N4O2S/c1-19(14(20)11-5-2-4-10(8-11)9-16)15-18-17-13(22-15)12-6-3-7-21-12/h2,4-5,8,12H,3,6-7H2,1H3/t12-/m0/s1. The van der Waals surface area contributed by atoms with Crippen LogP contribution in [0.15, 0.2) is 24.3 Å². The molecule has 0 aliphatic carbocycles. The van der Waals surface area contributed by atoms with Crippen molar-refractivity contribution in [3.8, 4) is 6.07 Å². The van der Waals surface area contributed by atoms with Crippen molar-refractivity contribution in [1.29, 1.82) is 5.26 Å². The molecule has 1 aliphatic heterocycles. The molecule has 7 heteroatoms. The van der Waals surface area contributed by atoms with Crippen molar-refractivity contribution in [2.45, 2.75) is 18.9 Å². The number of hydrogen-bond donors (Lipinski definition) is 0. The molecular weight excluding hydrogens is 300 g/mol. The summed E-state index contributed by atoms with van der Waals surface area (Å²) in [5, 5.41) is 18.4. The lowest BCUT2D eigenvalue weighted by Crippen LogP contribution is -2.26. The summed E-state index contributed by atoms with van der Waals surface area (Å²) in [5.74, 6) is -0.216.